The van der Waals surface area contributed by atoms with Crippen molar-refractivity contribution in [3.63, 3.8) is 0 Å². The van der Waals surface area contributed by atoms with Crippen molar-refractivity contribution >= 4 is 39.3 Å². The molecule has 1 aromatic carbocycles. The Morgan fingerprint density at radius 2 is 2.16 bits per heavy atom. The largest absolute Gasteiger partial charge is 0.478 e. The summed E-state index contributed by atoms with van der Waals surface area (Å²) in [6.07, 6.45) is 3.76. The molecule has 0 fully saturated rings. The Bertz CT molecular complexity index is 629. The van der Waals surface area contributed by atoms with E-state index in [1.807, 2.05) is 18.2 Å². The van der Waals surface area contributed by atoms with Crippen molar-refractivity contribution in [2.45, 2.75) is 13.3 Å². The van der Waals surface area contributed by atoms with E-state index in [4.69, 9.17) is 5.11 Å². The van der Waals surface area contributed by atoms with E-state index < -0.39 is 5.97 Å². The lowest BCUT2D eigenvalue weighted by molar-refractivity contribution is -0.131. The Labute approximate surface area is 124 Å². The second kappa shape index (κ2) is 6.17. The summed E-state index contributed by atoms with van der Waals surface area (Å²) in [5.74, 6) is -0.923. The fraction of sp³-hybridized carbons (Fsp3) is 0.133. The third-order valence-electron chi connectivity index (χ3n) is 2.73. The predicted molar refractivity (Wildman–Crippen MR) is 83.5 cm³/mol. The van der Waals surface area contributed by atoms with Crippen LogP contribution in [0, 0.1) is 0 Å². The van der Waals surface area contributed by atoms with Gasteiger partial charge in [-0.05, 0) is 47.9 Å². The summed E-state index contributed by atoms with van der Waals surface area (Å²) >= 11 is 5.08. The number of aliphatic carboxylic acids is 1. The van der Waals surface area contributed by atoms with E-state index in [1.165, 1.54) is 11.1 Å². The molecule has 1 N–H and O–H groups in total. The van der Waals surface area contributed by atoms with Gasteiger partial charge in [-0.1, -0.05) is 28.9 Å². The SMILES string of the molecule is CCc1cc(Br)ccc1-c1ccc(/C=C/C(=O)O)s1. The number of hydrogen-bond acceptors (Lipinski definition) is 2. The van der Waals surface area contributed by atoms with Crippen LogP contribution < -0.4 is 0 Å². The van der Waals surface area contributed by atoms with Crippen LogP contribution in [0.5, 0.6) is 0 Å². The van der Waals surface area contributed by atoms with Crippen molar-refractivity contribution in [3.05, 3.63) is 51.3 Å². The standard InChI is InChI=1S/C15H13BrO2S/c1-2-10-9-11(16)3-6-13(10)14-7-4-12(19-14)5-8-15(17)18/h3-9H,2H2,1H3,(H,17,18)/b8-5+. The summed E-state index contributed by atoms with van der Waals surface area (Å²) in [5, 5.41) is 8.62. The second-order valence-corrected chi connectivity index (χ2v) is 6.06. The molecule has 2 rings (SSSR count). The molecule has 0 atom stereocenters. The van der Waals surface area contributed by atoms with E-state index in [2.05, 4.69) is 35.0 Å². The van der Waals surface area contributed by atoms with Crippen LogP contribution in [0.1, 0.15) is 17.4 Å². The first-order valence-corrected chi connectivity index (χ1v) is 7.50. The summed E-state index contributed by atoms with van der Waals surface area (Å²) in [5.41, 5.74) is 2.50. The molecule has 4 heteroatoms. The van der Waals surface area contributed by atoms with Crippen LogP contribution >= 0.6 is 27.3 Å². The molecule has 0 saturated heterocycles. The number of carboxylic acid groups (broad SMARTS) is 1. The number of benzene rings is 1. The first kappa shape index (κ1) is 14.0. The Hall–Kier alpha value is -1.39. The van der Waals surface area contributed by atoms with Crippen molar-refractivity contribution < 1.29 is 9.90 Å². The van der Waals surface area contributed by atoms with Gasteiger partial charge in [0.15, 0.2) is 0 Å². The predicted octanol–water partition coefficient (Wildman–Crippen LogP) is 4.84. The van der Waals surface area contributed by atoms with Crippen LogP contribution in [0.4, 0.5) is 0 Å². The summed E-state index contributed by atoms with van der Waals surface area (Å²) in [6.45, 7) is 2.13. The average Bonchev–Trinajstić information content (AvgIpc) is 2.84. The summed E-state index contributed by atoms with van der Waals surface area (Å²) in [4.78, 5) is 12.6. The lowest BCUT2D eigenvalue weighted by Crippen LogP contribution is -1.85. The Kier molecular flexibility index (Phi) is 4.56. The fourth-order valence-corrected chi connectivity index (χ4v) is 3.22. The molecule has 0 aliphatic carbocycles. The maximum atomic E-state index is 10.5. The maximum Gasteiger partial charge on any atom is 0.328 e. The van der Waals surface area contributed by atoms with Gasteiger partial charge in [-0.2, -0.15) is 0 Å². The minimum absolute atomic E-state index is 0.923. The minimum atomic E-state index is -0.923. The topological polar surface area (TPSA) is 37.3 Å². The molecular weight excluding hydrogens is 324 g/mol. The second-order valence-electron chi connectivity index (χ2n) is 4.03. The van der Waals surface area contributed by atoms with E-state index in [0.29, 0.717) is 0 Å². The van der Waals surface area contributed by atoms with Gasteiger partial charge in [0.25, 0.3) is 0 Å². The van der Waals surface area contributed by atoms with Gasteiger partial charge < -0.3 is 5.11 Å². The van der Waals surface area contributed by atoms with Gasteiger partial charge in [0, 0.05) is 20.3 Å². The molecular formula is C15H13BrO2S. The number of rotatable bonds is 4. The van der Waals surface area contributed by atoms with Gasteiger partial charge in [0.1, 0.15) is 0 Å². The van der Waals surface area contributed by atoms with Crippen molar-refractivity contribution in [1.82, 2.24) is 0 Å². The van der Waals surface area contributed by atoms with E-state index in [0.717, 1.165) is 26.7 Å². The maximum absolute atomic E-state index is 10.5. The van der Waals surface area contributed by atoms with E-state index in [1.54, 1.807) is 17.4 Å². The first-order chi connectivity index (χ1) is 9.10. The smallest absolute Gasteiger partial charge is 0.328 e. The highest BCUT2D eigenvalue weighted by molar-refractivity contribution is 9.10. The van der Waals surface area contributed by atoms with Crippen molar-refractivity contribution in [2.24, 2.45) is 0 Å². The van der Waals surface area contributed by atoms with Crippen LogP contribution in [-0.4, -0.2) is 11.1 Å². The zero-order valence-electron chi connectivity index (χ0n) is 10.4. The van der Waals surface area contributed by atoms with Crippen molar-refractivity contribution in [3.8, 4) is 10.4 Å². The van der Waals surface area contributed by atoms with Crippen LogP contribution in [0.15, 0.2) is 40.9 Å². The molecule has 2 aromatic rings. The molecule has 0 amide bonds. The lowest BCUT2D eigenvalue weighted by atomic mass is 10.0. The van der Waals surface area contributed by atoms with Gasteiger partial charge in [-0.25, -0.2) is 4.79 Å². The summed E-state index contributed by atoms with van der Waals surface area (Å²) in [7, 11) is 0. The van der Waals surface area contributed by atoms with Gasteiger partial charge in [0.2, 0.25) is 0 Å². The molecule has 0 radical (unpaired) electrons. The first-order valence-electron chi connectivity index (χ1n) is 5.90. The Balaban J connectivity index is 2.35. The van der Waals surface area contributed by atoms with Gasteiger partial charge in [-0.15, -0.1) is 11.3 Å². The molecule has 0 aliphatic rings. The fourth-order valence-electron chi connectivity index (χ4n) is 1.84. The summed E-state index contributed by atoms with van der Waals surface area (Å²) in [6, 6.07) is 10.2. The van der Waals surface area contributed by atoms with E-state index in [-0.39, 0.29) is 0 Å². The molecule has 98 valence electrons. The zero-order chi connectivity index (χ0) is 13.8. The normalized spacial score (nSPS) is 11.1. The quantitative estimate of drug-likeness (QED) is 0.811. The molecule has 0 saturated carbocycles. The average molecular weight is 337 g/mol. The number of carboxylic acids is 1. The highest BCUT2D eigenvalue weighted by Gasteiger charge is 2.07. The minimum Gasteiger partial charge on any atom is -0.478 e. The van der Waals surface area contributed by atoms with Crippen LogP contribution in [-0.2, 0) is 11.2 Å². The number of aryl methyl sites for hydroxylation is 1. The molecule has 0 spiro atoms. The lowest BCUT2D eigenvalue weighted by Gasteiger charge is -2.06. The van der Waals surface area contributed by atoms with Gasteiger partial charge in [0.05, 0.1) is 0 Å². The summed E-state index contributed by atoms with van der Waals surface area (Å²) < 4.78 is 1.08. The van der Waals surface area contributed by atoms with Crippen LogP contribution in [0.2, 0.25) is 0 Å². The number of carbonyl (C=O) groups is 1. The molecule has 2 nitrogen and oxygen atoms in total. The van der Waals surface area contributed by atoms with Gasteiger partial charge >= 0.3 is 5.97 Å². The van der Waals surface area contributed by atoms with Crippen molar-refractivity contribution in [2.75, 3.05) is 0 Å². The number of hydrogen-bond donors (Lipinski definition) is 1. The third kappa shape index (κ3) is 3.55. The Morgan fingerprint density at radius 1 is 1.37 bits per heavy atom. The molecule has 0 bridgehead atoms. The zero-order valence-corrected chi connectivity index (χ0v) is 12.8. The highest BCUT2D eigenvalue weighted by Crippen LogP contribution is 2.33. The highest BCUT2D eigenvalue weighted by atomic mass is 79.9. The molecule has 0 unspecified atom stereocenters. The molecule has 19 heavy (non-hydrogen) atoms. The molecule has 1 aromatic heterocycles. The van der Waals surface area contributed by atoms with E-state index >= 15 is 0 Å². The third-order valence-corrected chi connectivity index (χ3v) is 4.31. The monoisotopic (exact) mass is 336 g/mol. The van der Waals surface area contributed by atoms with Crippen LogP contribution in [0.25, 0.3) is 16.5 Å². The van der Waals surface area contributed by atoms with E-state index in [9.17, 15) is 4.79 Å². The van der Waals surface area contributed by atoms with Gasteiger partial charge in [-0.3, -0.25) is 0 Å². The number of halogens is 1. The van der Waals surface area contributed by atoms with Crippen LogP contribution in [0.3, 0.4) is 0 Å². The number of thiophene rings is 1. The van der Waals surface area contributed by atoms with Crippen molar-refractivity contribution in [1.29, 1.82) is 0 Å². The molecule has 1 heterocycles. The Morgan fingerprint density at radius 3 is 2.84 bits per heavy atom. The molecule has 0 aliphatic heterocycles.